The van der Waals surface area contributed by atoms with Crippen LogP contribution in [0.25, 0.3) is 22.3 Å². The molecule has 3 unspecified atom stereocenters. The van der Waals surface area contributed by atoms with E-state index >= 15 is 0 Å². The van der Waals surface area contributed by atoms with Crippen molar-refractivity contribution in [2.24, 2.45) is 17.8 Å². The third-order valence-corrected chi connectivity index (χ3v) is 17.3. The largest absolute Gasteiger partial charge is 0.372 e. The van der Waals surface area contributed by atoms with Crippen LogP contribution in [0.4, 0.5) is 22.7 Å². The summed E-state index contributed by atoms with van der Waals surface area (Å²) in [6.45, 7) is 38.0. The molecule has 0 amide bonds. The van der Waals surface area contributed by atoms with Gasteiger partial charge in [0.15, 0.2) is 0 Å². The van der Waals surface area contributed by atoms with Crippen molar-refractivity contribution < 1.29 is 9.98 Å². The summed E-state index contributed by atoms with van der Waals surface area (Å²) in [5, 5.41) is 0. The molecule has 4 aliphatic carbocycles. The molecule has 2 saturated carbocycles. The van der Waals surface area contributed by atoms with E-state index < -0.39 is 0 Å². The third-order valence-electron chi connectivity index (χ3n) is 17.3. The molecule has 82 heavy (non-hydrogen) atoms. The lowest BCUT2D eigenvalue weighted by atomic mass is 9.83. The second-order valence-corrected chi connectivity index (χ2v) is 21.4. The molecule has 6 aromatic carbocycles. The molecule has 6 heteroatoms. The van der Waals surface area contributed by atoms with Gasteiger partial charge in [-0.15, -0.1) is 0 Å². The molecule has 0 saturated heterocycles. The fraction of sp³-hybridized carbons (Fsp3) is 0.395. The van der Waals surface area contributed by atoms with Gasteiger partial charge < -0.3 is 19.6 Å². The van der Waals surface area contributed by atoms with E-state index in [1.807, 2.05) is 27.7 Å². The summed E-state index contributed by atoms with van der Waals surface area (Å²) >= 11 is 0. The molecule has 2 N–H and O–H groups in total. The van der Waals surface area contributed by atoms with Gasteiger partial charge in [-0.1, -0.05) is 119 Å². The summed E-state index contributed by atoms with van der Waals surface area (Å²) in [4.78, 5) is 17.1. The van der Waals surface area contributed by atoms with Crippen molar-refractivity contribution >= 4 is 56.5 Å². The van der Waals surface area contributed by atoms with Crippen LogP contribution in [0.15, 0.2) is 170 Å². The lowest BCUT2D eigenvalue weighted by Gasteiger charge is -2.24. The van der Waals surface area contributed by atoms with Crippen molar-refractivity contribution in [3.8, 4) is 0 Å². The molecule has 432 valence electrons. The topological polar surface area (TPSA) is 40.9 Å². The van der Waals surface area contributed by atoms with Crippen LogP contribution in [0.1, 0.15) is 160 Å². The molecule has 4 aliphatic rings. The molecule has 6 nitrogen and oxygen atoms in total. The van der Waals surface area contributed by atoms with Crippen LogP contribution < -0.4 is 29.6 Å². The van der Waals surface area contributed by atoms with Gasteiger partial charge in [-0.05, 0) is 222 Å². The zero-order valence-corrected chi connectivity index (χ0v) is 52.6. The molecule has 2 fully saturated rings. The van der Waals surface area contributed by atoms with Gasteiger partial charge in [0.2, 0.25) is 11.4 Å². The predicted molar refractivity (Wildman–Crippen MR) is 360 cm³/mol. The number of benzene rings is 6. The molecule has 0 radical (unpaired) electrons. The summed E-state index contributed by atoms with van der Waals surface area (Å²) < 4.78 is 0. The van der Waals surface area contributed by atoms with Gasteiger partial charge in [0.1, 0.15) is 13.1 Å². The van der Waals surface area contributed by atoms with Crippen molar-refractivity contribution in [1.82, 2.24) is 0 Å². The number of hydrogen-bond acceptors (Lipinski definition) is 4. The number of fused-ring (bicyclic) bond motifs is 4. The van der Waals surface area contributed by atoms with E-state index in [1.54, 1.807) is 0 Å². The van der Waals surface area contributed by atoms with Gasteiger partial charge in [0.25, 0.3) is 0 Å². The zero-order chi connectivity index (χ0) is 58.5. The van der Waals surface area contributed by atoms with Gasteiger partial charge in [0, 0.05) is 93.2 Å². The Kier molecular flexibility index (Phi) is 23.8. The summed E-state index contributed by atoms with van der Waals surface area (Å²) in [6.07, 6.45) is 15.0. The van der Waals surface area contributed by atoms with Crippen molar-refractivity contribution in [3.63, 3.8) is 0 Å². The van der Waals surface area contributed by atoms with Gasteiger partial charge in [0.05, 0.1) is 11.1 Å². The van der Waals surface area contributed by atoms with Gasteiger partial charge in [-0.25, -0.2) is 9.98 Å². The number of rotatable bonds is 19. The number of allylic oxidation sites excluding steroid dienone is 6. The maximum absolute atomic E-state index is 3.91. The molecule has 2 bridgehead atoms. The number of hydrogen-bond donors (Lipinski definition) is 2. The van der Waals surface area contributed by atoms with Gasteiger partial charge in [-0.2, -0.15) is 0 Å². The molecule has 6 aromatic rings. The third kappa shape index (κ3) is 14.3. The highest BCUT2D eigenvalue weighted by Crippen LogP contribution is 2.48. The lowest BCUT2D eigenvalue weighted by Crippen LogP contribution is -2.75. The second kappa shape index (κ2) is 31.3. The number of nitrogens with zero attached hydrogens (tertiary/aromatic N) is 4. The first-order valence-corrected chi connectivity index (χ1v) is 31.9. The quantitative estimate of drug-likeness (QED) is 0.0848. The Bertz CT molecular complexity index is 3000. The van der Waals surface area contributed by atoms with E-state index in [0.717, 1.165) is 83.2 Å². The molecule has 3 atom stereocenters. The van der Waals surface area contributed by atoms with Gasteiger partial charge >= 0.3 is 0 Å². The predicted octanol–water partition coefficient (Wildman–Crippen LogP) is 15.1. The van der Waals surface area contributed by atoms with Crippen molar-refractivity contribution in [2.45, 2.75) is 116 Å². The van der Waals surface area contributed by atoms with E-state index in [-0.39, 0.29) is 0 Å². The smallest absolute Gasteiger partial charge is 0.206 e. The summed E-state index contributed by atoms with van der Waals surface area (Å²) in [6, 6.07) is 54.4. The van der Waals surface area contributed by atoms with Crippen LogP contribution in [0.5, 0.6) is 0 Å². The summed E-state index contributed by atoms with van der Waals surface area (Å²) in [5.41, 5.74) is 22.8. The highest BCUT2D eigenvalue weighted by atomic mass is 15.1. The minimum Gasteiger partial charge on any atom is -0.372 e. The first kappa shape index (κ1) is 62.4. The zero-order valence-electron chi connectivity index (χ0n) is 52.6. The molecular formula is C76H100N6+2. The second-order valence-electron chi connectivity index (χ2n) is 21.4. The Hall–Kier alpha value is -7.18. The average Bonchev–Trinajstić information content (AvgIpc) is 4.23. The Balaban J connectivity index is 0.000000225. The fourth-order valence-electron chi connectivity index (χ4n) is 13.1. The lowest BCUT2D eigenvalue weighted by molar-refractivity contribution is -0.466. The minimum absolute atomic E-state index is 0.831. The molecule has 0 aliphatic heterocycles. The monoisotopic (exact) mass is 1100 g/mol. The molecular weight excluding hydrogens is 997 g/mol. The van der Waals surface area contributed by atoms with E-state index in [2.05, 4.69) is 262 Å². The van der Waals surface area contributed by atoms with E-state index in [0.29, 0.717) is 0 Å². The van der Waals surface area contributed by atoms with Gasteiger partial charge in [-0.3, -0.25) is 0 Å². The first-order chi connectivity index (χ1) is 40.3. The van der Waals surface area contributed by atoms with Crippen molar-refractivity contribution in [1.29, 1.82) is 0 Å². The Morgan fingerprint density at radius 2 is 0.683 bits per heavy atom. The maximum Gasteiger partial charge on any atom is 0.206 e. The molecule has 10 rings (SSSR count). The van der Waals surface area contributed by atoms with Crippen LogP contribution in [0.2, 0.25) is 0 Å². The van der Waals surface area contributed by atoms with Crippen LogP contribution >= 0.6 is 0 Å². The Labute approximate surface area is 496 Å². The van der Waals surface area contributed by atoms with E-state index in [1.165, 1.54) is 127 Å². The van der Waals surface area contributed by atoms with Crippen molar-refractivity contribution in [2.75, 3.05) is 85.0 Å². The first-order valence-electron chi connectivity index (χ1n) is 31.9. The Morgan fingerprint density at radius 1 is 0.366 bits per heavy atom. The standard InChI is InChI=1S/C39H47N3.C33H39N3.2C2H6/c1-5-41(6-2)33-19-15-29(16-20-33)39(30-17-21-34(22-18-30)42(7-3)8-4)37-23-24-38(36-12-10-9-11-35(36)37)40-27-32-26-28-13-14-31(32)25-28;1-6-34-32-24-23-31(29-13-11-12-14-30(29)32)33(25-15-19-27(20-16-25)35(7-2)8-3)26-17-21-28(22-18-26)36(9-4)10-5;2*1-2/h9-12,15-24,28,31-32H,5-8,13-14,25-27H2,1-4H3;11-24H,6-10H2,1-5H3;2*1-2H3/p+2. The minimum atomic E-state index is 0.831. The summed E-state index contributed by atoms with van der Waals surface area (Å²) in [5.74, 6) is 2.75. The highest BCUT2D eigenvalue weighted by Gasteiger charge is 2.40. The fourth-order valence-corrected chi connectivity index (χ4v) is 13.1. The number of nitrogens with one attached hydrogen (secondary N) is 2. The van der Waals surface area contributed by atoms with Crippen LogP contribution in [0, 0.1) is 17.8 Å². The van der Waals surface area contributed by atoms with Crippen LogP contribution in [-0.2, 0) is 0 Å². The molecule has 0 heterocycles. The number of anilines is 4. The van der Waals surface area contributed by atoms with E-state index in [9.17, 15) is 0 Å². The van der Waals surface area contributed by atoms with Crippen LogP contribution in [-0.4, -0.2) is 76.9 Å². The van der Waals surface area contributed by atoms with E-state index in [4.69, 9.17) is 0 Å². The molecule has 0 spiro atoms. The Morgan fingerprint density at radius 3 is 0.963 bits per heavy atom. The molecule has 0 aromatic heterocycles. The summed E-state index contributed by atoms with van der Waals surface area (Å²) in [7, 11) is 0. The van der Waals surface area contributed by atoms with Crippen LogP contribution in [0.3, 0.4) is 0 Å². The average molecular weight is 1100 g/mol. The SMILES string of the molecule is CC.CC.CCN(CC)c1ccc(C(=C2C=CC(=[NH+]CC3CC4CCC3C4)c3ccccc32)c2ccc(N(CC)CC)cc2)cc1.CC[NH+]=C1C=CC(=C(c2ccc(N(CC)CC)cc2)c2ccc(N(CC)CC)cc2)c2ccccc21. The highest BCUT2D eigenvalue weighted by molar-refractivity contribution is 6.18. The van der Waals surface area contributed by atoms with Crippen molar-refractivity contribution in [3.05, 3.63) is 214 Å². The maximum atomic E-state index is 3.91. The normalized spacial score (nSPS) is 17.2.